The molecule has 2 aliphatic heterocycles. The summed E-state index contributed by atoms with van der Waals surface area (Å²) in [6.07, 6.45) is 5.17. The van der Waals surface area contributed by atoms with Crippen LogP contribution in [0.3, 0.4) is 0 Å². The largest absolute Gasteiger partial charge is 0.494 e. The number of nitrogens with zero attached hydrogens (tertiary/aromatic N) is 5. The van der Waals surface area contributed by atoms with Crippen molar-refractivity contribution in [2.45, 2.75) is 57.2 Å². The lowest BCUT2D eigenvalue weighted by Crippen LogP contribution is -2.41. The number of hydrogen-bond acceptors (Lipinski definition) is 6. The number of rotatable bonds is 6. The summed E-state index contributed by atoms with van der Waals surface area (Å²) in [5.74, 6) is 1.62. The van der Waals surface area contributed by atoms with E-state index in [-0.39, 0.29) is 31.0 Å². The molecular formula is C36H38FN7O3. The quantitative estimate of drug-likeness (QED) is 0.254. The summed E-state index contributed by atoms with van der Waals surface area (Å²) in [5, 5.41) is 3.63. The fraction of sp³-hybridized carbons (Fsp3) is 0.389. The highest BCUT2D eigenvalue weighted by Gasteiger charge is 2.47. The number of methoxy groups -OCH3 is 1. The number of benzene rings is 2. The Morgan fingerprint density at radius 2 is 1.96 bits per heavy atom. The van der Waals surface area contributed by atoms with Gasteiger partial charge in [0.15, 0.2) is 5.82 Å². The number of nitrogens with two attached hydrogens (primary N) is 1. The molecule has 2 amide bonds. The first-order valence-corrected chi connectivity index (χ1v) is 16.5. The maximum absolute atomic E-state index is 15.1. The van der Waals surface area contributed by atoms with Crippen LogP contribution in [0.1, 0.15) is 49.5 Å². The zero-order valence-electron chi connectivity index (χ0n) is 26.4. The lowest BCUT2D eigenvalue weighted by atomic mass is 9.98. The zero-order valence-corrected chi connectivity index (χ0v) is 26.4. The van der Waals surface area contributed by atoms with Crippen LogP contribution in [-0.4, -0.2) is 61.6 Å². The molecule has 3 aromatic heterocycles. The Labute approximate surface area is 272 Å². The minimum atomic E-state index is -0.451. The van der Waals surface area contributed by atoms with Gasteiger partial charge in [0, 0.05) is 56.6 Å². The number of carbonyl (C=O) groups is 2. The highest BCUT2D eigenvalue weighted by Crippen LogP contribution is 2.41. The van der Waals surface area contributed by atoms with Gasteiger partial charge >= 0.3 is 0 Å². The summed E-state index contributed by atoms with van der Waals surface area (Å²) in [5.41, 5.74) is 12.6. The fourth-order valence-electron chi connectivity index (χ4n) is 8.08. The summed E-state index contributed by atoms with van der Waals surface area (Å²) >= 11 is 0. The third-order valence-corrected chi connectivity index (χ3v) is 10.8. The number of ether oxygens (including phenoxy) is 1. The predicted octanol–water partition coefficient (Wildman–Crippen LogP) is 5.51. The Kier molecular flexibility index (Phi) is 6.28. The van der Waals surface area contributed by atoms with Gasteiger partial charge < -0.3 is 29.8 Å². The van der Waals surface area contributed by atoms with Gasteiger partial charge in [0.2, 0.25) is 5.91 Å². The second-order valence-electron chi connectivity index (χ2n) is 13.7. The number of amides is 2. The Morgan fingerprint density at radius 3 is 2.70 bits per heavy atom. The third-order valence-electron chi connectivity index (χ3n) is 10.8. The Balaban J connectivity index is 0.00000336. The molecule has 2 saturated carbocycles. The van der Waals surface area contributed by atoms with E-state index in [9.17, 15) is 9.59 Å². The van der Waals surface area contributed by atoms with Gasteiger partial charge in [-0.15, -0.1) is 0 Å². The number of hydrogen-bond donors (Lipinski definition) is 2. The smallest absolute Gasteiger partial charge is 0.254 e. The summed E-state index contributed by atoms with van der Waals surface area (Å²) in [6.45, 7) is 1.49. The summed E-state index contributed by atoms with van der Waals surface area (Å²) in [4.78, 5) is 37.7. The van der Waals surface area contributed by atoms with E-state index < -0.39 is 5.82 Å². The Bertz CT molecular complexity index is 2150. The molecule has 5 aromatic rings. The van der Waals surface area contributed by atoms with E-state index in [0.29, 0.717) is 59.3 Å². The number of nitrogens with one attached hydrogen (secondary N) is 1. The Morgan fingerprint density at radius 1 is 1.11 bits per heavy atom. The molecule has 2 aromatic carbocycles. The normalized spacial score (nSPS) is 21.9. The second kappa shape index (κ2) is 10.4. The van der Waals surface area contributed by atoms with Crippen LogP contribution in [-0.2, 0) is 24.8 Å². The van der Waals surface area contributed by atoms with E-state index >= 15 is 4.39 Å². The van der Waals surface area contributed by atoms with Gasteiger partial charge in [-0.1, -0.05) is 0 Å². The molecule has 242 valence electrons. The first kappa shape index (κ1) is 28.5. The molecule has 5 heterocycles. The van der Waals surface area contributed by atoms with Crippen LogP contribution in [0.4, 0.5) is 10.1 Å². The second-order valence-corrected chi connectivity index (χ2v) is 13.7. The summed E-state index contributed by atoms with van der Waals surface area (Å²) in [6, 6.07) is 13.3. The number of likely N-dealkylation sites (tertiary alicyclic amines) is 1. The third kappa shape index (κ3) is 4.46. The van der Waals surface area contributed by atoms with Gasteiger partial charge in [-0.3, -0.25) is 9.59 Å². The van der Waals surface area contributed by atoms with Crippen molar-refractivity contribution in [1.82, 2.24) is 24.0 Å². The van der Waals surface area contributed by atoms with Gasteiger partial charge in [0.25, 0.3) is 5.91 Å². The molecule has 2 aliphatic carbocycles. The van der Waals surface area contributed by atoms with Crippen molar-refractivity contribution in [2.24, 2.45) is 24.6 Å². The van der Waals surface area contributed by atoms with Crippen LogP contribution in [0.5, 0.6) is 5.75 Å². The number of carbonyl (C=O) groups excluding carboxylic acids is 2. The molecule has 1 saturated heterocycles. The monoisotopic (exact) mass is 635 g/mol. The molecule has 10 nitrogen and oxygen atoms in total. The SMILES string of the molecule is COc1cc(C(=O)N2CC3CCC2[C@@H]3N)cc2nc(-c3cc4ccc(-c5cc(F)c6c(c5)CCC(=O)N6)nc4n3CC3CC3)n(C)c12.[HH]. The van der Waals surface area contributed by atoms with E-state index in [4.69, 9.17) is 20.4 Å². The average molecular weight is 636 g/mol. The van der Waals surface area contributed by atoms with Crippen molar-refractivity contribution in [2.75, 3.05) is 19.0 Å². The fourth-order valence-corrected chi connectivity index (χ4v) is 8.08. The number of piperidine rings is 1. The van der Waals surface area contributed by atoms with Gasteiger partial charge in [-0.05, 0) is 92.0 Å². The van der Waals surface area contributed by atoms with E-state index in [1.807, 2.05) is 46.8 Å². The molecule has 4 aliphatic rings. The van der Waals surface area contributed by atoms with Gasteiger partial charge in [0.05, 0.1) is 29.7 Å². The number of imidazole rings is 1. The molecule has 3 atom stereocenters. The number of aryl methyl sites for hydroxylation is 2. The van der Waals surface area contributed by atoms with Crippen LogP contribution in [0.2, 0.25) is 0 Å². The van der Waals surface area contributed by atoms with Crippen LogP contribution in [0, 0.1) is 17.7 Å². The number of halogens is 1. The molecule has 0 spiro atoms. The first-order valence-electron chi connectivity index (χ1n) is 16.5. The molecule has 2 unspecified atom stereocenters. The topological polar surface area (TPSA) is 120 Å². The Hall–Kier alpha value is -4.77. The van der Waals surface area contributed by atoms with Crippen molar-refractivity contribution in [3.63, 3.8) is 0 Å². The highest BCUT2D eigenvalue weighted by atomic mass is 19.1. The van der Waals surface area contributed by atoms with E-state index in [2.05, 4.69) is 16.0 Å². The maximum Gasteiger partial charge on any atom is 0.254 e. The number of anilines is 1. The lowest BCUT2D eigenvalue weighted by Gasteiger charge is -2.27. The van der Waals surface area contributed by atoms with Crippen molar-refractivity contribution in [3.8, 4) is 28.5 Å². The molecule has 0 radical (unpaired) electrons. The van der Waals surface area contributed by atoms with Gasteiger partial charge in [0.1, 0.15) is 22.7 Å². The minimum Gasteiger partial charge on any atom is -0.494 e. The average Bonchev–Trinajstić information content (AvgIpc) is 3.48. The number of fused-ring (bicyclic) bond motifs is 5. The molecule has 3 fully saturated rings. The summed E-state index contributed by atoms with van der Waals surface area (Å²) < 4.78 is 25.2. The van der Waals surface area contributed by atoms with Gasteiger partial charge in [-0.25, -0.2) is 14.4 Å². The molecule has 2 bridgehead atoms. The summed E-state index contributed by atoms with van der Waals surface area (Å²) in [7, 11) is 3.59. The molecule has 3 N–H and O–H groups in total. The highest BCUT2D eigenvalue weighted by molar-refractivity contribution is 6.00. The van der Waals surface area contributed by atoms with E-state index in [1.165, 1.54) is 6.07 Å². The van der Waals surface area contributed by atoms with Crippen LogP contribution in [0.15, 0.2) is 42.5 Å². The molecule has 47 heavy (non-hydrogen) atoms. The van der Waals surface area contributed by atoms with Crippen LogP contribution >= 0.6 is 0 Å². The minimum absolute atomic E-state index is 0. The molecular weight excluding hydrogens is 597 g/mol. The lowest BCUT2D eigenvalue weighted by molar-refractivity contribution is -0.116. The number of aromatic nitrogens is 4. The van der Waals surface area contributed by atoms with Gasteiger partial charge in [-0.2, -0.15) is 0 Å². The van der Waals surface area contributed by atoms with E-state index in [0.717, 1.165) is 65.9 Å². The van der Waals surface area contributed by atoms with E-state index in [1.54, 1.807) is 7.11 Å². The zero-order chi connectivity index (χ0) is 32.1. The van der Waals surface area contributed by atoms with Crippen LogP contribution < -0.4 is 15.8 Å². The number of pyridine rings is 1. The van der Waals surface area contributed by atoms with Crippen LogP contribution in [0.25, 0.3) is 44.8 Å². The van der Waals surface area contributed by atoms with Crippen molar-refractivity contribution in [1.29, 1.82) is 0 Å². The molecule has 9 rings (SSSR count). The standard InChI is InChI=1S/C36H36FN7O3.H2/c1-42-33-26(13-23(15-29(33)47-2)36(46)44-17-21-6-9-27(44)31(21)38)40-35(42)28-14-20-5-8-25(39-34(20)43(28)16-18-3-4-18)22-11-19-7-10-30(45)41-32(19)24(37)12-22;/h5,8,11-15,18,21,27,31H,3-4,6-7,9-10,16-17,38H2,1-2H3,(H,41,45);1H/t21?,27?,31-;/m1./s1. The van der Waals surface area contributed by atoms with Crippen molar-refractivity contribution >= 4 is 39.6 Å². The first-order chi connectivity index (χ1) is 22.8. The molecule has 11 heteroatoms. The maximum atomic E-state index is 15.1. The predicted molar refractivity (Wildman–Crippen MR) is 179 cm³/mol. The van der Waals surface area contributed by atoms with Crippen molar-refractivity contribution < 1.29 is 20.1 Å². The van der Waals surface area contributed by atoms with Crippen molar-refractivity contribution in [3.05, 3.63) is 59.4 Å².